The maximum atomic E-state index is 15.1. The molecule has 5 aromatic rings. The lowest BCUT2D eigenvalue weighted by Gasteiger charge is -2.33. The number of nitrogens with zero attached hydrogens (tertiary/aromatic N) is 6. The van der Waals surface area contributed by atoms with Gasteiger partial charge < -0.3 is 20.1 Å². The minimum absolute atomic E-state index is 0.0964. The number of hydrogen-bond acceptors (Lipinski definition) is 8. The predicted octanol–water partition coefficient (Wildman–Crippen LogP) is 6.77. The van der Waals surface area contributed by atoms with Gasteiger partial charge in [0.15, 0.2) is 11.4 Å². The van der Waals surface area contributed by atoms with Crippen LogP contribution in [0.5, 0.6) is 11.5 Å². The van der Waals surface area contributed by atoms with E-state index >= 15 is 8.78 Å². The van der Waals surface area contributed by atoms with E-state index in [-0.39, 0.29) is 35.2 Å². The number of anilines is 1. The van der Waals surface area contributed by atoms with E-state index in [0.29, 0.717) is 83.4 Å². The third-order valence-electron chi connectivity index (χ3n) is 9.99. The highest BCUT2D eigenvalue weighted by Crippen LogP contribution is 2.45. The molecule has 2 aliphatic heterocycles. The van der Waals surface area contributed by atoms with Crippen molar-refractivity contribution in [1.29, 1.82) is 0 Å². The molecule has 3 aromatic heterocycles. The molecule has 0 radical (unpaired) electrons. The Kier molecular flexibility index (Phi) is 9.12. The molecular weight excluding hydrogens is 727 g/mol. The molecule has 16 heteroatoms. The maximum absolute atomic E-state index is 15.1. The second-order valence-corrected chi connectivity index (χ2v) is 14.2. The minimum Gasteiger partial charge on any atom is -0.423 e. The lowest BCUT2D eigenvalue weighted by Crippen LogP contribution is -2.50. The van der Waals surface area contributed by atoms with Crippen LogP contribution in [0.3, 0.4) is 0 Å². The molecule has 278 valence electrons. The Hall–Kier alpha value is -5.70. The summed E-state index contributed by atoms with van der Waals surface area (Å²) >= 11 is 5.94. The third-order valence-corrected chi connectivity index (χ3v) is 10.2. The van der Waals surface area contributed by atoms with E-state index in [1.54, 1.807) is 27.9 Å². The number of aromatic nitrogens is 4. The number of piperidine rings is 1. The Bertz CT molecular complexity index is 2270. The lowest BCUT2D eigenvalue weighted by molar-refractivity contribution is -0.193. The molecule has 2 aromatic carbocycles. The summed E-state index contributed by atoms with van der Waals surface area (Å²) in [6.07, 6.45) is 2.00. The van der Waals surface area contributed by atoms with Gasteiger partial charge in [0.25, 0.3) is 5.91 Å². The number of carbonyl (C=O) groups excluding carboxylic acids is 3. The fourth-order valence-corrected chi connectivity index (χ4v) is 7.14. The molecule has 54 heavy (non-hydrogen) atoms. The zero-order valence-electron chi connectivity index (χ0n) is 28.7. The highest BCUT2D eigenvalue weighted by atomic mass is 35.5. The van der Waals surface area contributed by atoms with Crippen LogP contribution in [0.15, 0.2) is 67.0 Å². The van der Waals surface area contributed by atoms with Crippen LogP contribution in [0.4, 0.5) is 23.7 Å². The molecule has 5 heterocycles. The number of hydrogen-bond donors (Lipinski definition) is 1. The van der Waals surface area contributed by atoms with Crippen LogP contribution in [0.1, 0.15) is 47.4 Å². The first-order valence-electron chi connectivity index (χ1n) is 17.5. The quantitative estimate of drug-likeness (QED) is 0.173. The van der Waals surface area contributed by atoms with Gasteiger partial charge in [-0.1, -0.05) is 17.7 Å². The van der Waals surface area contributed by atoms with Crippen molar-refractivity contribution in [1.82, 2.24) is 24.6 Å². The fourth-order valence-electron chi connectivity index (χ4n) is 7.03. The molecule has 1 saturated heterocycles. The fraction of sp³-hybridized carbons (Fsp3) is 0.316. The van der Waals surface area contributed by atoms with Crippen LogP contribution in [-0.4, -0.2) is 61.8 Å². The molecule has 0 bridgehead atoms. The van der Waals surface area contributed by atoms with Gasteiger partial charge in [-0.05, 0) is 98.0 Å². The van der Waals surface area contributed by atoms with Crippen molar-refractivity contribution in [3.8, 4) is 22.6 Å². The van der Waals surface area contributed by atoms with E-state index < -0.39 is 29.8 Å². The number of primary amides is 1. The van der Waals surface area contributed by atoms with Crippen LogP contribution < -0.4 is 20.1 Å². The molecule has 12 nitrogen and oxygen atoms in total. The van der Waals surface area contributed by atoms with Crippen molar-refractivity contribution in [2.45, 2.75) is 51.3 Å². The van der Waals surface area contributed by atoms with E-state index in [4.69, 9.17) is 31.8 Å². The van der Waals surface area contributed by atoms with Gasteiger partial charge in [0.1, 0.15) is 11.6 Å². The van der Waals surface area contributed by atoms with Crippen molar-refractivity contribution in [2.75, 3.05) is 18.0 Å². The molecular formula is C38H33ClF3N7O5. The normalized spacial score (nSPS) is 17.0. The van der Waals surface area contributed by atoms with Gasteiger partial charge in [0.2, 0.25) is 0 Å². The number of likely N-dealkylation sites (tertiary alicyclic amines) is 1. The lowest BCUT2D eigenvalue weighted by atomic mass is 9.93. The minimum atomic E-state index is -4.17. The van der Waals surface area contributed by atoms with Gasteiger partial charge in [-0.25, -0.2) is 18.9 Å². The van der Waals surface area contributed by atoms with Crippen molar-refractivity contribution >= 4 is 46.2 Å². The molecule has 3 aliphatic rings. The smallest absolute Gasteiger partial charge is 0.423 e. The van der Waals surface area contributed by atoms with Crippen molar-refractivity contribution in [3.05, 3.63) is 94.8 Å². The average Bonchev–Trinajstić information content (AvgIpc) is 3.88. The summed E-state index contributed by atoms with van der Waals surface area (Å²) in [4.78, 5) is 50.4. The highest BCUT2D eigenvalue weighted by molar-refractivity contribution is 6.30. The Morgan fingerprint density at radius 2 is 1.76 bits per heavy atom. The standard InChI is InChI=1S/C38H33ClF3N7O5/c39-24-4-7-26(44-17-24)20-48-30-10-3-23(16-31(30)54-38(41,42)36(48)51)32-28-18-45-49(35(28)46-29(15-21-1-2-21)33(32)34(43)50)19-22-11-13-47(14-12-22)37(52)53-27-8-5-25(40)6-9-27/h3-10,16-18,21-22H,1-2,11-15,19-20H2,(H2,43,50). The number of nitrogens with two attached hydrogens (primary N) is 1. The molecule has 2 N–H and O–H groups in total. The van der Waals surface area contributed by atoms with Gasteiger partial charge in [0.05, 0.1) is 40.4 Å². The van der Waals surface area contributed by atoms with E-state index in [1.807, 2.05) is 0 Å². The summed E-state index contributed by atoms with van der Waals surface area (Å²) in [5.74, 6) is -2.27. The number of ether oxygens (including phenoxy) is 2. The molecule has 1 aliphatic carbocycles. The Balaban J connectivity index is 1.11. The van der Waals surface area contributed by atoms with E-state index in [0.717, 1.165) is 17.7 Å². The zero-order valence-corrected chi connectivity index (χ0v) is 29.4. The average molecular weight is 760 g/mol. The number of rotatable bonds is 9. The van der Waals surface area contributed by atoms with Gasteiger partial charge >= 0.3 is 18.1 Å². The number of pyridine rings is 2. The van der Waals surface area contributed by atoms with Crippen molar-refractivity contribution < 1.29 is 37.0 Å². The first-order chi connectivity index (χ1) is 25.9. The van der Waals surface area contributed by atoms with Crippen LogP contribution in [0.25, 0.3) is 22.2 Å². The second-order valence-electron chi connectivity index (χ2n) is 13.8. The predicted molar refractivity (Wildman–Crippen MR) is 191 cm³/mol. The van der Waals surface area contributed by atoms with Crippen LogP contribution in [0.2, 0.25) is 5.02 Å². The van der Waals surface area contributed by atoms with Gasteiger partial charge in [-0.2, -0.15) is 13.9 Å². The number of carbonyl (C=O) groups is 3. The van der Waals surface area contributed by atoms with Crippen LogP contribution in [-0.2, 0) is 24.3 Å². The number of halogens is 4. The van der Waals surface area contributed by atoms with E-state index in [9.17, 15) is 18.8 Å². The van der Waals surface area contributed by atoms with Gasteiger partial charge in [-0.15, -0.1) is 0 Å². The zero-order chi connectivity index (χ0) is 37.7. The van der Waals surface area contributed by atoms with Gasteiger partial charge in [-0.3, -0.25) is 19.5 Å². The summed E-state index contributed by atoms with van der Waals surface area (Å²) in [5, 5.41) is 5.50. The monoisotopic (exact) mass is 759 g/mol. The van der Waals surface area contributed by atoms with E-state index in [1.165, 1.54) is 48.7 Å². The topological polar surface area (TPSA) is 146 Å². The highest BCUT2D eigenvalue weighted by Gasteiger charge is 2.50. The Morgan fingerprint density at radius 1 is 1.00 bits per heavy atom. The van der Waals surface area contributed by atoms with Crippen molar-refractivity contribution in [2.24, 2.45) is 17.6 Å². The maximum Gasteiger partial charge on any atom is 0.482 e. The molecule has 0 atom stereocenters. The molecule has 8 rings (SSSR count). The van der Waals surface area contributed by atoms with E-state index in [2.05, 4.69) is 10.1 Å². The molecule has 2 fully saturated rings. The van der Waals surface area contributed by atoms with Crippen molar-refractivity contribution in [3.63, 3.8) is 0 Å². The van der Waals surface area contributed by atoms with Crippen LogP contribution >= 0.6 is 11.6 Å². The number of alkyl halides is 2. The summed E-state index contributed by atoms with van der Waals surface area (Å²) in [6, 6.07) is 12.8. The second kappa shape index (κ2) is 13.9. The summed E-state index contributed by atoms with van der Waals surface area (Å²) in [5.41, 5.74) is 8.34. The van der Waals surface area contributed by atoms with Crippen LogP contribution in [0, 0.1) is 17.7 Å². The first-order valence-corrected chi connectivity index (χ1v) is 17.9. The molecule has 0 spiro atoms. The molecule has 1 saturated carbocycles. The Morgan fingerprint density at radius 3 is 2.44 bits per heavy atom. The SMILES string of the molecule is NC(=O)c1c(CC2CC2)nc2c(cnn2CC2CCN(C(=O)Oc3ccc(F)cc3)CC2)c1-c1ccc2c(c1)OC(F)(F)C(=O)N2Cc1ccc(Cl)cn1. The Labute approximate surface area is 311 Å². The number of amides is 3. The molecule has 3 amide bonds. The third kappa shape index (κ3) is 7.02. The largest absolute Gasteiger partial charge is 0.482 e. The summed E-state index contributed by atoms with van der Waals surface area (Å²) < 4.78 is 55.7. The number of fused-ring (bicyclic) bond motifs is 2. The van der Waals surface area contributed by atoms with Gasteiger partial charge in [0, 0.05) is 36.8 Å². The summed E-state index contributed by atoms with van der Waals surface area (Å²) in [6.45, 7) is 1.08. The first kappa shape index (κ1) is 35.3. The number of benzene rings is 2. The summed E-state index contributed by atoms with van der Waals surface area (Å²) in [7, 11) is 0. The molecule has 0 unspecified atom stereocenters.